The van der Waals surface area contributed by atoms with Gasteiger partial charge in [-0.1, -0.05) is 24.8 Å². The molecule has 1 aliphatic heterocycles. The van der Waals surface area contributed by atoms with Gasteiger partial charge in [0.05, 0.1) is 12.1 Å². The van der Waals surface area contributed by atoms with E-state index >= 15 is 0 Å². The highest BCUT2D eigenvalue weighted by molar-refractivity contribution is 8.13. The molecule has 0 spiro atoms. The third-order valence-electron chi connectivity index (χ3n) is 4.91. The summed E-state index contributed by atoms with van der Waals surface area (Å²) in [5.74, 6) is 1.93. The van der Waals surface area contributed by atoms with Gasteiger partial charge in [-0.15, -0.1) is 0 Å². The number of carbonyl (C=O) groups is 1. The zero-order valence-corrected chi connectivity index (χ0v) is 16.9. The van der Waals surface area contributed by atoms with Crippen molar-refractivity contribution in [3.63, 3.8) is 0 Å². The van der Waals surface area contributed by atoms with Gasteiger partial charge in [-0.05, 0) is 68.5 Å². The first-order valence-corrected chi connectivity index (χ1v) is 10.3. The average molecular weight is 386 g/mol. The SMILES string of the molecule is CCOc1ccc(NC(=O)C2=CC(C)CC(C3(C)CCSC(N)=N3)=C2)cc1. The maximum atomic E-state index is 12.8. The second-order valence-electron chi connectivity index (χ2n) is 7.21. The van der Waals surface area contributed by atoms with Crippen LogP contribution in [0.1, 0.15) is 33.6 Å². The van der Waals surface area contributed by atoms with Crippen molar-refractivity contribution in [1.29, 1.82) is 0 Å². The van der Waals surface area contributed by atoms with Crippen LogP contribution in [0.4, 0.5) is 5.69 Å². The van der Waals surface area contributed by atoms with E-state index in [4.69, 9.17) is 15.5 Å². The van der Waals surface area contributed by atoms with Gasteiger partial charge in [-0.25, -0.2) is 0 Å². The minimum Gasteiger partial charge on any atom is -0.494 e. The molecule has 2 unspecified atom stereocenters. The predicted octanol–water partition coefficient (Wildman–Crippen LogP) is 4.13. The van der Waals surface area contributed by atoms with Gasteiger partial charge >= 0.3 is 0 Å². The monoisotopic (exact) mass is 385 g/mol. The van der Waals surface area contributed by atoms with Gasteiger partial charge in [0.2, 0.25) is 0 Å². The molecule has 3 N–H and O–H groups in total. The highest BCUT2D eigenvalue weighted by Crippen LogP contribution is 2.38. The van der Waals surface area contributed by atoms with Gasteiger partial charge in [-0.3, -0.25) is 9.79 Å². The topological polar surface area (TPSA) is 76.7 Å². The predicted molar refractivity (Wildman–Crippen MR) is 113 cm³/mol. The third kappa shape index (κ3) is 4.75. The molecular formula is C21H27N3O2S. The van der Waals surface area contributed by atoms with Gasteiger partial charge in [0.1, 0.15) is 5.75 Å². The lowest BCUT2D eigenvalue weighted by atomic mass is 9.79. The van der Waals surface area contributed by atoms with Crippen LogP contribution in [0.15, 0.2) is 52.6 Å². The average Bonchev–Trinajstić information content (AvgIpc) is 2.63. The number of ether oxygens (including phenoxy) is 1. The number of nitrogens with one attached hydrogen (secondary N) is 1. The molecule has 0 bridgehead atoms. The van der Waals surface area contributed by atoms with E-state index < -0.39 is 0 Å². The second kappa shape index (κ2) is 8.21. The number of hydrogen-bond acceptors (Lipinski definition) is 5. The Morgan fingerprint density at radius 3 is 2.81 bits per heavy atom. The molecule has 3 rings (SSSR count). The number of benzene rings is 1. The van der Waals surface area contributed by atoms with Crippen LogP contribution in [0.25, 0.3) is 0 Å². The van der Waals surface area contributed by atoms with E-state index in [1.165, 1.54) is 5.57 Å². The molecular weight excluding hydrogens is 358 g/mol. The Labute approximate surface area is 165 Å². The number of aliphatic imine (C=N–C) groups is 1. The molecule has 1 amide bonds. The van der Waals surface area contributed by atoms with E-state index in [-0.39, 0.29) is 17.4 Å². The maximum absolute atomic E-state index is 12.8. The van der Waals surface area contributed by atoms with Crippen LogP contribution in [0, 0.1) is 5.92 Å². The molecule has 144 valence electrons. The lowest BCUT2D eigenvalue weighted by Gasteiger charge is -2.34. The molecule has 1 aliphatic carbocycles. The summed E-state index contributed by atoms with van der Waals surface area (Å²) in [5, 5.41) is 3.61. The molecule has 0 saturated carbocycles. The van der Waals surface area contributed by atoms with E-state index in [1.807, 2.05) is 43.3 Å². The van der Waals surface area contributed by atoms with Crippen molar-refractivity contribution in [1.82, 2.24) is 0 Å². The largest absolute Gasteiger partial charge is 0.494 e. The Hall–Kier alpha value is -2.21. The number of nitrogens with two attached hydrogens (primary N) is 1. The molecule has 2 atom stereocenters. The normalized spacial score (nSPS) is 25.1. The van der Waals surface area contributed by atoms with Gasteiger partial charge in [0.15, 0.2) is 5.17 Å². The fraction of sp³-hybridized carbons (Fsp3) is 0.429. The van der Waals surface area contributed by atoms with Crippen LogP contribution < -0.4 is 15.8 Å². The number of carbonyl (C=O) groups excluding carboxylic acids is 1. The number of nitrogens with zero attached hydrogens (tertiary/aromatic N) is 1. The van der Waals surface area contributed by atoms with Crippen LogP contribution in [0.2, 0.25) is 0 Å². The fourth-order valence-electron chi connectivity index (χ4n) is 3.45. The summed E-state index contributed by atoms with van der Waals surface area (Å²) < 4.78 is 5.44. The number of allylic oxidation sites excluding steroid dienone is 1. The number of thioether (sulfide) groups is 1. The maximum Gasteiger partial charge on any atom is 0.255 e. The number of hydrogen-bond donors (Lipinski definition) is 2. The molecule has 5 nitrogen and oxygen atoms in total. The van der Waals surface area contributed by atoms with Crippen molar-refractivity contribution in [2.75, 3.05) is 17.7 Å². The van der Waals surface area contributed by atoms with Gasteiger partial charge in [0, 0.05) is 17.0 Å². The molecule has 1 heterocycles. The van der Waals surface area contributed by atoms with Gasteiger partial charge in [0.25, 0.3) is 5.91 Å². The molecule has 0 fully saturated rings. The number of rotatable bonds is 5. The Bertz CT molecular complexity index is 798. The van der Waals surface area contributed by atoms with Crippen LogP contribution >= 0.6 is 11.8 Å². The highest BCUT2D eigenvalue weighted by atomic mass is 32.2. The quantitative estimate of drug-likeness (QED) is 0.799. The van der Waals surface area contributed by atoms with Gasteiger partial charge in [-0.2, -0.15) is 0 Å². The molecule has 6 heteroatoms. The van der Waals surface area contributed by atoms with E-state index in [1.54, 1.807) is 11.8 Å². The standard InChI is InChI=1S/C21H27N3O2S/c1-4-26-18-7-5-17(6-8-18)23-19(25)15-11-14(2)12-16(13-15)21(3)9-10-27-20(22)24-21/h5-8,11,13-14H,4,9-10,12H2,1-3H3,(H2,22,24)(H,23,25). The summed E-state index contributed by atoms with van der Waals surface area (Å²) in [5.41, 5.74) is 8.26. The third-order valence-corrected chi connectivity index (χ3v) is 5.70. The summed E-state index contributed by atoms with van der Waals surface area (Å²) in [7, 11) is 0. The first-order chi connectivity index (χ1) is 12.9. The van der Waals surface area contributed by atoms with Crippen molar-refractivity contribution in [2.24, 2.45) is 16.6 Å². The zero-order valence-electron chi connectivity index (χ0n) is 16.1. The lowest BCUT2D eigenvalue weighted by Crippen LogP contribution is -2.34. The summed E-state index contributed by atoms with van der Waals surface area (Å²) in [4.78, 5) is 17.5. The van der Waals surface area contributed by atoms with Crippen molar-refractivity contribution in [3.8, 4) is 5.75 Å². The smallest absolute Gasteiger partial charge is 0.255 e. The van der Waals surface area contributed by atoms with Crippen molar-refractivity contribution < 1.29 is 9.53 Å². The Morgan fingerprint density at radius 2 is 2.15 bits per heavy atom. The number of amides is 1. The molecule has 1 aromatic carbocycles. The van der Waals surface area contributed by atoms with E-state index in [0.29, 0.717) is 17.3 Å². The van der Waals surface area contributed by atoms with Crippen molar-refractivity contribution in [2.45, 2.75) is 39.2 Å². The molecule has 27 heavy (non-hydrogen) atoms. The highest BCUT2D eigenvalue weighted by Gasteiger charge is 2.34. The van der Waals surface area contributed by atoms with E-state index in [9.17, 15) is 4.79 Å². The Balaban J connectivity index is 1.77. The molecule has 1 aromatic rings. The summed E-state index contributed by atoms with van der Waals surface area (Å²) >= 11 is 1.59. The second-order valence-corrected chi connectivity index (χ2v) is 8.32. The number of amidine groups is 1. The minimum atomic E-state index is -0.317. The molecule has 2 aliphatic rings. The first kappa shape index (κ1) is 19.5. The summed E-state index contributed by atoms with van der Waals surface area (Å²) in [6.45, 7) is 6.81. The van der Waals surface area contributed by atoms with E-state index in [0.717, 1.165) is 30.0 Å². The summed E-state index contributed by atoms with van der Waals surface area (Å²) in [6, 6.07) is 7.42. The first-order valence-electron chi connectivity index (χ1n) is 9.35. The summed E-state index contributed by atoms with van der Waals surface area (Å²) in [6.07, 6.45) is 5.86. The molecule has 0 saturated heterocycles. The zero-order chi connectivity index (χ0) is 19.4. The van der Waals surface area contributed by atoms with Crippen LogP contribution in [0.3, 0.4) is 0 Å². The molecule has 0 radical (unpaired) electrons. The molecule has 0 aromatic heterocycles. The van der Waals surface area contributed by atoms with Crippen LogP contribution in [-0.4, -0.2) is 29.0 Å². The van der Waals surface area contributed by atoms with Gasteiger partial charge < -0.3 is 15.8 Å². The number of anilines is 1. The fourth-order valence-corrected chi connectivity index (χ4v) is 4.42. The van der Waals surface area contributed by atoms with Crippen LogP contribution in [0.5, 0.6) is 5.75 Å². The van der Waals surface area contributed by atoms with Crippen LogP contribution in [-0.2, 0) is 4.79 Å². The van der Waals surface area contributed by atoms with Crippen molar-refractivity contribution in [3.05, 3.63) is 47.6 Å². The Kier molecular flexibility index (Phi) is 5.95. The van der Waals surface area contributed by atoms with E-state index in [2.05, 4.69) is 19.2 Å². The minimum absolute atomic E-state index is 0.103. The van der Waals surface area contributed by atoms with Crippen molar-refractivity contribution >= 4 is 28.5 Å². The Morgan fingerprint density at radius 1 is 1.41 bits per heavy atom. The lowest BCUT2D eigenvalue weighted by molar-refractivity contribution is -0.112.